The molecular weight excluding hydrogens is 222 g/mol. The second-order valence-electron chi connectivity index (χ2n) is 5.34. The van der Waals surface area contributed by atoms with Crippen molar-refractivity contribution in [1.29, 1.82) is 0 Å². The smallest absolute Gasteiger partial charge is 0.0369 e. The van der Waals surface area contributed by atoms with Crippen LogP contribution in [0.15, 0.2) is 30.3 Å². The molecule has 0 saturated carbocycles. The number of anilines is 1. The lowest BCUT2D eigenvalue weighted by molar-refractivity contribution is 0.250. The lowest BCUT2D eigenvalue weighted by Crippen LogP contribution is -2.42. The first-order valence-electron chi connectivity index (χ1n) is 6.94. The summed E-state index contributed by atoms with van der Waals surface area (Å²) in [5, 5.41) is 0. The van der Waals surface area contributed by atoms with Crippen molar-refractivity contribution in [3.63, 3.8) is 0 Å². The highest BCUT2D eigenvalue weighted by Crippen LogP contribution is 2.23. The van der Waals surface area contributed by atoms with Crippen LogP contribution in [0.4, 0.5) is 5.69 Å². The Morgan fingerprint density at radius 2 is 2.00 bits per heavy atom. The Kier molecular flexibility index (Phi) is 4.61. The van der Waals surface area contributed by atoms with E-state index in [9.17, 15) is 0 Å². The molecule has 1 heterocycles. The van der Waals surface area contributed by atoms with E-state index in [0.29, 0.717) is 12.1 Å². The van der Waals surface area contributed by atoms with Gasteiger partial charge in [0.05, 0.1) is 0 Å². The average Bonchev–Trinajstić information content (AvgIpc) is 2.53. The van der Waals surface area contributed by atoms with Gasteiger partial charge in [-0.1, -0.05) is 18.2 Å². The lowest BCUT2D eigenvalue weighted by Gasteiger charge is -2.32. The number of nitrogens with zero attached hydrogens (tertiary/aromatic N) is 2. The first-order valence-corrected chi connectivity index (χ1v) is 6.94. The number of benzene rings is 1. The van der Waals surface area contributed by atoms with Gasteiger partial charge in [0.2, 0.25) is 0 Å². The summed E-state index contributed by atoms with van der Waals surface area (Å²) in [6.45, 7) is 5.34. The summed E-state index contributed by atoms with van der Waals surface area (Å²) in [5.41, 5.74) is 7.08. The molecule has 1 aromatic carbocycles. The molecule has 2 N–H and O–H groups in total. The minimum Gasteiger partial charge on any atom is -0.367 e. The van der Waals surface area contributed by atoms with Gasteiger partial charge in [-0.3, -0.25) is 0 Å². The molecule has 2 unspecified atom stereocenters. The quantitative estimate of drug-likeness (QED) is 0.886. The SMILES string of the molecule is CC1CCN(C)C(CCN)CN1c1ccccc1. The summed E-state index contributed by atoms with van der Waals surface area (Å²) in [4.78, 5) is 5.00. The monoisotopic (exact) mass is 247 g/mol. The second-order valence-corrected chi connectivity index (χ2v) is 5.34. The second kappa shape index (κ2) is 6.21. The third kappa shape index (κ3) is 3.03. The maximum absolute atomic E-state index is 5.75. The number of likely N-dealkylation sites (N-methyl/N-ethyl adjacent to an activating group) is 1. The van der Waals surface area contributed by atoms with Gasteiger partial charge < -0.3 is 15.5 Å². The van der Waals surface area contributed by atoms with Crippen LogP contribution in [0.5, 0.6) is 0 Å². The summed E-state index contributed by atoms with van der Waals surface area (Å²) in [6.07, 6.45) is 2.29. The van der Waals surface area contributed by atoms with Crippen molar-refractivity contribution in [3.8, 4) is 0 Å². The third-order valence-electron chi connectivity index (χ3n) is 4.05. The van der Waals surface area contributed by atoms with Crippen molar-refractivity contribution >= 4 is 5.69 Å². The molecule has 0 bridgehead atoms. The Balaban J connectivity index is 2.17. The molecule has 18 heavy (non-hydrogen) atoms. The molecule has 2 rings (SSSR count). The molecular formula is C15H25N3. The highest BCUT2D eigenvalue weighted by molar-refractivity contribution is 5.47. The van der Waals surface area contributed by atoms with Gasteiger partial charge in [-0.25, -0.2) is 0 Å². The standard InChI is InChI=1S/C15H25N3/c1-13-9-11-17(2)15(8-10-16)12-18(13)14-6-4-3-5-7-14/h3-7,13,15H,8-12,16H2,1-2H3. The van der Waals surface area contributed by atoms with Crippen molar-refractivity contribution < 1.29 is 0 Å². The van der Waals surface area contributed by atoms with Gasteiger partial charge in [-0.05, 0) is 45.5 Å². The van der Waals surface area contributed by atoms with Crippen molar-refractivity contribution in [3.05, 3.63) is 30.3 Å². The topological polar surface area (TPSA) is 32.5 Å². The first-order chi connectivity index (χ1) is 8.72. The Labute approximate surface area is 111 Å². The van der Waals surface area contributed by atoms with E-state index in [2.05, 4.69) is 54.1 Å². The zero-order valence-corrected chi connectivity index (χ0v) is 11.5. The summed E-state index contributed by atoms with van der Waals surface area (Å²) in [6, 6.07) is 11.9. The number of nitrogens with two attached hydrogens (primary N) is 1. The van der Waals surface area contributed by atoms with Crippen LogP contribution in [0.1, 0.15) is 19.8 Å². The van der Waals surface area contributed by atoms with Crippen LogP contribution in [0.3, 0.4) is 0 Å². The first kappa shape index (κ1) is 13.4. The van der Waals surface area contributed by atoms with E-state index in [1.165, 1.54) is 12.1 Å². The van der Waals surface area contributed by atoms with Gasteiger partial charge in [-0.15, -0.1) is 0 Å². The van der Waals surface area contributed by atoms with E-state index in [1.54, 1.807) is 0 Å². The van der Waals surface area contributed by atoms with Crippen molar-refractivity contribution in [2.24, 2.45) is 5.73 Å². The van der Waals surface area contributed by atoms with Crippen LogP contribution in [-0.2, 0) is 0 Å². The largest absolute Gasteiger partial charge is 0.367 e. The minimum atomic E-state index is 0.570. The van der Waals surface area contributed by atoms with Crippen molar-refractivity contribution in [2.75, 3.05) is 31.6 Å². The predicted octanol–water partition coefficient (Wildman–Crippen LogP) is 1.93. The Bertz CT molecular complexity index is 352. The predicted molar refractivity (Wildman–Crippen MR) is 78.0 cm³/mol. The molecule has 100 valence electrons. The minimum absolute atomic E-state index is 0.570. The van der Waals surface area contributed by atoms with E-state index in [4.69, 9.17) is 5.73 Å². The molecule has 1 saturated heterocycles. The fourth-order valence-electron chi connectivity index (χ4n) is 2.76. The third-order valence-corrected chi connectivity index (χ3v) is 4.05. The average molecular weight is 247 g/mol. The Hall–Kier alpha value is -1.06. The van der Waals surface area contributed by atoms with Crippen LogP contribution < -0.4 is 10.6 Å². The van der Waals surface area contributed by atoms with Gasteiger partial charge in [0.15, 0.2) is 0 Å². The Morgan fingerprint density at radius 3 is 2.67 bits per heavy atom. The summed E-state index contributed by atoms with van der Waals surface area (Å²) in [5.74, 6) is 0. The molecule has 1 aliphatic heterocycles. The van der Waals surface area contributed by atoms with Crippen molar-refractivity contribution in [1.82, 2.24) is 4.90 Å². The molecule has 2 atom stereocenters. The van der Waals surface area contributed by atoms with Crippen LogP contribution >= 0.6 is 0 Å². The molecule has 0 spiro atoms. The maximum Gasteiger partial charge on any atom is 0.0369 e. The molecule has 0 aromatic heterocycles. The summed E-state index contributed by atoms with van der Waals surface area (Å²) >= 11 is 0. The lowest BCUT2D eigenvalue weighted by atomic mass is 10.1. The number of para-hydroxylation sites is 1. The number of hydrogen-bond acceptors (Lipinski definition) is 3. The van der Waals surface area contributed by atoms with Crippen LogP contribution in [-0.4, -0.2) is 43.7 Å². The van der Waals surface area contributed by atoms with E-state index < -0.39 is 0 Å². The molecule has 1 fully saturated rings. The number of hydrogen-bond donors (Lipinski definition) is 1. The van der Waals surface area contributed by atoms with Crippen LogP contribution in [0.2, 0.25) is 0 Å². The van der Waals surface area contributed by atoms with Gasteiger partial charge >= 0.3 is 0 Å². The normalized spacial score (nSPS) is 26.1. The van der Waals surface area contributed by atoms with E-state index in [0.717, 1.165) is 26.1 Å². The van der Waals surface area contributed by atoms with Gasteiger partial charge in [0, 0.05) is 30.9 Å². The molecule has 0 aliphatic carbocycles. The van der Waals surface area contributed by atoms with Crippen LogP contribution in [0.25, 0.3) is 0 Å². The molecule has 3 nitrogen and oxygen atoms in total. The van der Waals surface area contributed by atoms with Gasteiger partial charge in [-0.2, -0.15) is 0 Å². The van der Waals surface area contributed by atoms with Crippen LogP contribution in [0, 0.1) is 0 Å². The summed E-state index contributed by atoms with van der Waals surface area (Å²) < 4.78 is 0. The fraction of sp³-hybridized carbons (Fsp3) is 0.600. The molecule has 0 amide bonds. The van der Waals surface area contributed by atoms with E-state index >= 15 is 0 Å². The van der Waals surface area contributed by atoms with Crippen molar-refractivity contribution in [2.45, 2.75) is 31.8 Å². The zero-order chi connectivity index (χ0) is 13.0. The van der Waals surface area contributed by atoms with E-state index in [-0.39, 0.29) is 0 Å². The molecule has 3 heteroatoms. The number of rotatable bonds is 3. The maximum atomic E-state index is 5.75. The molecule has 1 aliphatic rings. The molecule has 1 aromatic rings. The summed E-state index contributed by atoms with van der Waals surface area (Å²) in [7, 11) is 2.22. The van der Waals surface area contributed by atoms with E-state index in [1.807, 2.05) is 0 Å². The van der Waals surface area contributed by atoms with Gasteiger partial charge in [0.1, 0.15) is 0 Å². The van der Waals surface area contributed by atoms with Gasteiger partial charge in [0.25, 0.3) is 0 Å². The Morgan fingerprint density at radius 1 is 1.28 bits per heavy atom. The zero-order valence-electron chi connectivity index (χ0n) is 11.5. The fourth-order valence-corrected chi connectivity index (χ4v) is 2.76. The highest BCUT2D eigenvalue weighted by atomic mass is 15.2. The molecule has 0 radical (unpaired) electrons. The highest BCUT2D eigenvalue weighted by Gasteiger charge is 2.25.